The van der Waals surface area contributed by atoms with Gasteiger partial charge in [-0.15, -0.1) is 0 Å². The molecular weight excluding hydrogens is 250 g/mol. The second kappa shape index (κ2) is 5.66. The maximum absolute atomic E-state index is 11.6. The summed E-state index contributed by atoms with van der Waals surface area (Å²) < 4.78 is 16.5. The number of carbonyl (C=O) groups is 1. The fourth-order valence-electron chi connectivity index (χ4n) is 1.74. The van der Waals surface area contributed by atoms with Gasteiger partial charge in [-0.25, -0.2) is 9.78 Å². The van der Waals surface area contributed by atoms with Crippen LogP contribution in [0.15, 0.2) is 16.8 Å². The van der Waals surface area contributed by atoms with Crippen LogP contribution >= 0.6 is 0 Å². The molecule has 0 atom stereocenters. The summed E-state index contributed by atoms with van der Waals surface area (Å²) in [7, 11) is 2.92. The summed E-state index contributed by atoms with van der Waals surface area (Å²) in [5, 5.41) is 3.92. The molecule has 0 spiro atoms. The van der Waals surface area contributed by atoms with E-state index in [0.717, 1.165) is 0 Å². The minimum atomic E-state index is -0.429. The number of aryl methyl sites for hydroxylation is 1. The van der Waals surface area contributed by atoms with Crippen molar-refractivity contribution in [3.8, 4) is 0 Å². The zero-order valence-electron chi connectivity index (χ0n) is 11.0. The van der Waals surface area contributed by atoms with Crippen LogP contribution in [0.1, 0.15) is 27.8 Å². The van der Waals surface area contributed by atoms with Gasteiger partial charge in [-0.1, -0.05) is 5.16 Å². The van der Waals surface area contributed by atoms with Crippen molar-refractivity contribution in [2.75, 3.05) is 14.2 Å². The van der Waals surface area contributed by atoms with Crippen molar-refractivity contribution in [3.63, 3.8) is 0 Å². The molecule has 0 amide bonds. The summed E-state index contributed by atoms with van der Waals surface area (Å²) in [6.45, 7) is 2.56. The number of hydrogen-bond donors (Lipinski definition) is 0. The highest BCUT2D eigenvalue weighted by Gasteiger charge is 2.16. The quantitative estimate of drug-likeness (QED) is 0.755. The van der Waals surface area contributed by atoms with Crippen molar-refractivity contribution in [1.29, 1.82) is 0 Å². The normalized spacial score (nSPS) is 10.7. The molecule has 0 aliphatic carbocycles. The predicted octanol–water partition coefficient (Wildman–Crippen LogP) is 1.16. The zero-order valence-corrected chi connectivity index (χ0v) is 11.0. The van der Waals surface area contributed by atoms with E-state index in [2.05, 4.69) is 10.1 Å². The molecule has 0 radical (unpaired) electrons. The molecule has 19 heavy (non-hydrogen) atoms. The Kier molecular flexibility index (Phi) is 3.96. The molecule has 0 saturated carbocycles. The van der Waals surface area contributed by atoms with Crippen molar-refractivity contribution in [1.82, 2.24) is 14.7 Å². The van der Waals surface area contributed by atoms with Crippen LogP contribution in [0.2, 0.25) is 0 Å². The Morgan fingerprint density at radius 1 is 1.47 bits per heavy atom. The summed E-state index contributed by atoms with van der Waals surface area (Å²) in [5.74, 6) is 0.910. The van der Waals surface area contributed by atoms with E-state index in [4.69, 9.17) is 14.0 Å². The van der Waals surface area contributed by atoms with Crippen LogP contribution in [0.25, 0.3) is 0 Å². The predicted molar refractivity (Wildman–Crippen MR) is 64.6 cm³/mol. The van der Waals surface area contributed by atoms with Gasteiger partial charge in [0.15, 0.2) is 5.76 Å². The van der Waals surface area contributed by atoms with Crippen molar-refractivity contribution in [3.05, 3.63) is 35.2 Å². The lowest BCUT2D eigenvalue weighted by Gasteiger charge is -2.06. The lowest BCUT2D eigenvalue weighted by Crippen LogP contribution is -2.12. The van der Waals surface area contributed by atoms with Crippen LogP contribution in [0.4, 0.5) is 0 Å². The molecule has 2 aromatic heterocycles. The Hall–Kier alpha value is -2.15. The molecule has 7 heteroatoms. The summed E-state index contributed by atoms with van der Waals surface area (Å²) in [6, 6.07) is 1.78. The maximum Gasteiger partial charge on any atom is 0.356 e. The molecule has 0 aliphatic heterocycles. The lowest BCUT2D eigenvalue weighted by molar-refractivity contribution is 0.0588. The van der Waals surface area contributed by atoms with Gasteiger partial charge in [-0.05, 0) is 6.92 Å². The number of esters is 1. The van der Waals surface area contributed by atoms with Crippen LogP contribution in [-0.2, 0) is 22.6 Å². The van der Waals surface area contributed by atoms with Gasteiger partial charge in [0.1, 0.15) is 23.8 Å². The molecular formula is C12H15N3O4. The third-order valence-corrected chi connectivity index (χ3v) is 2.66. The lowest BCUT2D eigenvalue weighted by atomic mass is 10.3. The maximum atomic E-state index is 11.6. The zero-order chi connectivity index (χ0) is 13.8. The van der Waals surface area contributed by atoms with Crippen LogP contribution < -0.4 is 0 Å². The standard InChI is InChI=1S/C12H15N3O4/c1-8-13-5-11(12(16)18-3)15(8)6-9-4-10(7-17-2)19-14-9/h4-5H,6-7H2,1-3H3. The number of carbonyl (C=O) groups excluding carboxylic acids is 1. The van der Waals surface area contributed by atoms with E-state index in [9.17, 15) is 4.79 Å². The van der Waals surface area contributed by atoms with E-state index in [1.807, 2.05) is 6.92 Å². The van der Waals surface area contributed by atoms with E-state index in [0.29, 0.717) is 36.1 Å². The van der Waals surface area contributed by atoms with Gasteiger partial charge >= 0.3 is 5.97 Å². The highest BCUT2D eigenvalue weighted by molar-refractivity contribution is 5.87. The Morgan fingerprint density at radius 3 is 2.95 bits per heavy atom. The Morgan fingerprint density at radius 2 is 2.26 bits per heavy atom. The molecule has 0 unspecified atom stereocenters. The first kappa shape index (κ1) is 13.3. The SMILES string of the molecule is COCc1cc(Cn2c(C(=O)OC)cnc2C)no1. The molecule has 0 N–H and O–H groups in total. The monoisotopic (exact) mass is 265 g/mol. The second-order valence-corrected chi connectivity index (χ2v) is 3.99. The number of hydrogen-bond acceptors (Lipinski definition) is 6. The molecule has 102 valence electrons. The van der Waals surface area contributed by atoms with Crippen LogP contribution in [0, 0.1) is 6.92 Å². The Bertz CT molecular complexity index is 573. The summed E-state index contributed by atoms with van der Waals surface area (Å²) >= 11 is 0. The van der Waals surface area contributed by atoms with Crippen molar-refractivity contribution in [2.45, 2.75) is 20.1 Å². The second-order valence-electron chi connectivity index (χ2n) is 3.99. The minimum absolute atomic E-state index is 0.361. The van der Waals surface area contributed by atoms with Gasteiger partial charge in [0.25, 0.3) is 0 Å². The fourth-order valence-corrected chi connectivity index (χ4v) is 1.74. The molecule has 0 aromatic carbocycles. The average molecular weight is 265 g/mol. The minimum Gasteiger partial charge on any atom is -0.464 e. The van der Waals surface area contributed by atoms with Gasteiger partial charge in [-0.3, -0.25) is 0 Å². The molecule has 2 heterocycles. The van der Waals surface area contributed by atoms with E-state index < -0.39 is 5.97 Å². The number of imidazole rings is 1. The third-order valence-electron chi connectivity index (χ3n) is 2.66. The Labute approximate surface area is 110 Å². The third kappa shape index (κ3) is 2.82. The number of methoxy groups -OCH3 is 2. The number of nitrogens with zero attached hydrogens (tertiary/aromatic N) is 3. The van der Waals surface area contributed by atoms with Crippen LogP contribution in [0.5, 0.6) is 0 Å². The van der Waals surface area contributed by atoms with Crippen molar-refractivity contribution in [2.24, 2.45) is 0 Å². The first-order valence-corrected chi connectivity index (χ1v) is 5.69. The summed E-state index contributed by atoms with van der Waals surface area (Å²) in [6.07, 6.45) is 1.48. The number of aromatic nitrogens is 3. The molecule has 0 saturated heterocycles. The van der Waals surface area contributed by atoms with Crippen LogP contribution in [-0.4, -0.2) is 34.9 Å². The highest BCUT2D eigenvalue weighted by Crippen LogP contribution is 2.12. The van der Waals surface area contributed by atoms with Gasteiger partial charge in [-0.2, -0.15) is 0 Å². The number of rotatable bonds is 5. The molecule has 0 aliphatic rings. The largest absolute Gasteiger partial charge is 0.464 e. The number of ether oxygens (including phenoxy) is 2. The van der Waals surface area contributed by atoms with E-state index in [1.54, 1.807) is 17.7 Å². The van der Waals surface area contributed by atoms with E-state index >= 15 is 0 Å². The smallest absolute Gasteiger partial charge is 0.356 e. The topological polar surface area (TPSA) is 79.4 Å². The van der Waals surface area contributed by atoms with Gasteiger partial charge in [0.05, 0.1) is 19.9 Å². The molecule has 2 aromatic rings. The summed E-state index contributed by atoms with van der Waals surface area (Å²) in [5.41, 5.74) is 1.08. The highest BCUT2D eigenvalue weighted by atomic mass is 16.5. The Balaban J connectivity index is 2.22. The van der Waals surface area contributed by atoms with Gasteiger partial charge in [0, 0.05) is 13.2 Å². The fraction of sp³-hybridized carbons (Fsp3) is 0.417. The van der Waals surface area contributed by atoms with Crippen molar-refractivity contribution < 1.29 is 18.8 Å². The van der Waals surface area contributed by atoms with E-state index in [1.165, 1.54) is 13.3 Å². The first-order chi connectivity index (χ1) is 9.15. The first-order valence-electron chi connectivity index (χ1n) is 5.69. The molecule has 7 nitrogen and oxygen atoms in total. The van der Waals surface area contributed by atoms with Crippen molar-refractivity contribution >= 4 is 5.97 Å². The molecule has 2 rings (SSSR count). The average Bonchev–Trinajstić information content (AvgIpc) is 2.98. The molecule has 0 fully saturated rings. The van der Waals surface area contributed by atoms with E-state index in [-0.39, 0.29) is 0 Å². The summed E-state index contributed by atoms with van der Waals surface area (Å²) in [4.78, 5) is 15.7. The van der Waals surface area contributed by atoms with Crippen LogP contribution in [0.3, 0.4) is 0 Å². The van der Waals surface area contributed by atoms with Gasteiger partial charge in [0.2, 0.25) is 0 Å². The molecule has 0 bridgehead atoms. The van der Waals surface area contributed by atoms with Gasteiger partial charge < -0.3 is 18.6 Å².